The summed E-state index contributed by atoms with van der Waals surface area (Å²) in [5.74, 6) is -6.60. The Morgan fingerprint density at radius 3 is 2.59 bits per heavy atom. The standard InChI is InChI=1S/C29H25F4N7O3S/c30-12-19-10-20(15-35-14-19)38-29-37-9-7-23(39-29)21-2-1-8-36-28(21)43-24-11-22(31)27(26(33)25(24)32)40-44(41,42)16-18-5-3-17(13-34)4-6-18/h1-9,11,19-20,35,40H,10,12,14-16H2,(H,37,38,39)/t19-,20-/m0/s1. The van der Waals surface area contributed by atoms with Gasteiger partial charge >= 0.3 is 0 Å². The van der Waals surface area contributed by atoms with Gasteiger partial charge < -0.3 is 15.4 Å². The Labute approximate surface area is 250 Å². The quantitative estimate of drug-likeness (QED) is 0.165. The number of nitrogens with zero attached hydrogens (tertiary/aromatic N) is 4. The van der Waals surface area contributed by atoms with Gasteiger partial charge in [0.25, 0.3) is 0 Å². The number of benzene rings is 2. The molecule has 2 aromatic heterocycles. The van der Waals surface area contributed by atoms with Crippen molar-refractivity contribution >= 4 is 21.7 Å². The van der Waals surface area contributed by atoms with E-state index < -0.39 is 51.3 Å². The van der Waals surface area contributed by atoms with Crippen LogP contribution in [0.5, 0.6) is 11.6 Å². The van der Waals surface area contributed by atoms with Crippen LogP contribution in [0.1, 0.15) is 17.5 Å². The van der Waals surface area contributed by atoms with Crippen molar-refractivity contribution in [2.45, 2.75) is 18.2 Å². The molecule has 0 spiro atoms. The highest BCUT2D eigenvalue weighted by atomic mass is 32.2. The van der Waals surface area contributed by atoms with Gasteiger partial charge in [-0.3, -0.25) is 9.11 Å². The number of anilines is 2. The zero-order valence-corrected chi connectivity index (χ0v) is 23.7. The molecule has 0 aliphatic carbocycles. The lowest BCUT2D eigenvalue weighted by atomic mass is 9.97. The Hall–Kier alpha value is -4.81. The average Bonchev–Trinajstić information content (AvgIpc) is 3.02. The number of piperidine rings is 1. The first-order valence-corrected chi connectivity index (χ1v) is 15.0. The third-order valence-corrected chi connectivity index (χ3v) is 7.95. The van der Waals surface area contributed by atoms with Gasteiger partial charge in [-0.15, -0.1) is 0 Å². The molecule has 44 heavy (non-hydrogen) atoms. The number of sulfonamides is 1. The van der Waals surface area contributed by atoms with E-state index in [1.165, 1.54) is 42.7 Å². The van der Waals surface area contributed by atoms with Gasteiger partial charge in [0.1, 0.15) is 5.69 Å². The number of aromatic nitrogens is 3. The van der Waals surface area contributed by atoms with Crippen molar-refractivity contribution in [2.24, 2.45) is 5.92 Å². The molecule has 15 heteroatoms. The molecule has 0 radical (unpaired) electrons. The van der Waals surface area contributed by atoms with Crippen LogP contribution in [-0.2, 0) is 15.8 Å². The van der Waals surface area contributed by atoms with Gasteiger partial charge in [-0.2, -0.15) is 9.65 Å². The van der Waals surface area contributed by atoms with E-state index in [-0.39, 0.29) is 34.9 Å². The molecule has 1 saturated heterocycles. The second-order valence-corrected chi connectivity index (χ2v) is 11.7. The highest BCUT2D eigenvalue weighted by Crippen LogP contribution is 2.36. The van der Waals surface area contributed by atoms with E-state index in [1.54, 1.807) is 16.9 Å². The first-order chi connectivity index (χ1) is 21.2. The summed E-state index contributed by atoms with van der Waals surface area (Å²) in [5, 5.41) is 15.2. The van der Waals surface area contributed by atoms with Gasteiger partial charge in [-0.25, -0.2) is 32.2 Å². The number of alkyl halides is 1. The van der Waals surface area contributed by atoms with Crippen LogP contribution in [-0.4, -0.2) is 49.2 Å². The number of nitriles is 1. The van der Waals surface area contributed by atoms with Crippen LogP contribution < -0.4 is 20.1 Å². The zero-order valence-electron chi connectivity index (χ0n) is 22.9. The smallest absolute Gasteiger partial charge is 0.237 e. The lowest BCUT2D eigenvalue weighted by Gasteiger charge is -2.29. The van der Waals surface area contributed by atoms with Gasteiger partial charge in [0.05, 0.1) is 35.3 Å². The largest absolute Gasteiger partial charge is 0.435 e. The van der Waals surface area contributed by atoms with Crippen LogP contribution in [0.2, 0.25) is 0 Å². The molecule has 10 nitrogen and oxygen atoms in total. The fourth-order valence-corrected chi connectivity index (χ4v) is 5.82. The van der Waals surface area contributed by atoms with Crippen molar-refractivity contribution in [1.29, 1.82) is 5.26 Å². The Morgan fingerprint density at radius 1 is 1.05 bits per heavy atom. The number of halogens is 4. The summed E-state index contributed by atoms with van der Waals surface area (Å²) in [6, 6.07) is 12.4. The molecule has 1 aliphatic rings. The molecule has 0 unspecified atom stereocenters. The second kappa shape index (κ2) is 13.2. The fraction of sp³-hybridized carbons (Fsp3) is 0.241. The summed E-state index contributed by atoms with van der Waals surface area (Å²) in [5.41, 5.74) is -0.142. The van der Waals surface area contributed by atoms with Crippen LogP contribution in [0, 0.1) is 34.7 Å². The highest BCUT2D eigenvalue weighted by molar-refractivity contribution is 7.91. The second-order valence-electron chi connectivity index (χ2n) is 10.0. The number of ether oxygens (including phenoxy) is 1. The maximum Gasteiger partial charge on any atom is 0.237 e. The highest BCUT2D eigenvalue weighted by Gasteiger charge is 2.26. The van der Waals surface area contributed by atoms with Gasteiger partial charge in [0.2, 0.25) is 27.7 Å². The third-order valence-electron chi connectivity index (χ3n) is 6.72. The number of nitrogens with one attached hydrogen (secondary N) is 3. The predicted molar refractivity (Wildman–Crippen MR) is 153 cm³/mol. The summed E-state index contributed by atoms with van der Waals surface area (Å²) in [7, 11) is -4.38. The normalized spacial score (nSPS) is 16.6. The predicted octanol–water partition coefficient (Wildman–Crippen LogP) is 4.92. The summed E-state index contributed by atoms with van der Waals surface area (Å²) in [6.45, 7) is 0.712. The summed E-state index contributed by atoms with van der Waals surface area (Å²) in [6.07, 6.45) is 3.36. The van der Waals surface area contributed by atoms with E-state index in [2.05, 4.69) is 25.6 Å². The molecule has 1 fully saturated rings. The van der Waals surface area contributed by atoms with E-state index in [4.69, 9.17) is 10.00 Å². The van der Waals surface area contributed by atoms with Crippen LogP contribution in [0.3, 0.4) is 0 Å². The Bertz CT molecular complexity index is 1800. The number of pyridine rings is 1. The maximum atomic E-state index is 15.1. The van der Waals surface area contributed by atoms with Crippen LogP contribution in [0.15, 0.2) is 60.9 Å². The van der Waals surface area contributed by atoms with Crippen LogP contribution in [0.25, 0.3) is 11.3 Å². The molecule has 5 rings (SSSR count). The van der Waals surface area contributed by atoms with Crippen molar-refractivity contribution in [3.63, 3.8) is 0 Å². The molecule has 0 saturated carbocycles. The Morgan fingerprint density at radius 2 is 1.84 bits per heavy atom. The Balaban J connectivity index is 1.36. The minimum absolute atomic E-state index is 0.121. The molecule has 1 aliphatic heterocycles. The van der Waals surface area contributed by atoms with E-state index in [0.29, 0.717) is 36.8 Å². The van der Waals surface area contributed by atoms with E-state index >= 15 is 8.78 Å². The van der Waals surface area contributed by atoms with Crippen molar-refractivity contribution < 1.29 is 30.7 Å². The van der Waals surface area contributed by atoms with Gasteiger partial charge in [0.15, 0.2) is 17.4 Å². The summed E-state index contributed by atoms with van der Waals surface area (Å²) >= 11 is 0. The Kier molecular flexibility index (Phi) is 9.21. The topological polar surface area (TPSA) is 142 Å². The van der Waals surface area contributed by atoms with Crippen LogP contribution in [0.4, 0.5) is 29.2 Å². The molecular weight excluding hydrogens is 602 g/mol. The summed E-state index contributed by atoms with van der Waals surface area (Å²) in [4.78, 5) is 12.7. The molecule has 3 N–H and O–H groups in total. The van der Waals surface area contributed by atoms with Crippen molar-refractivity contribution in [2.75, 3.05) is 29.8 Å². The van der Waals surface area contributed by atoms with E-state index in [9.17, 15) is 17.2 Å². The molecule has 4 aromatic rings. The molecule has 2 aromatic carbocycles. The first kappa shape index (κ1) is 30.6. The number of rotatable bonds is 10. The minimum atomic E-state index is -4.38. The molecule has 228 valence electrons. The van der Waals surface area contributed by atoms with Gasteiger partial charge in [-0.1, -0.05) is 12.1 Å². The van der Waals surface area contributed by atoms with Gasteiger partial charge in [-0.05, 0) is 42.3 Å². The number of hydrogen-bond donors (Lipinski definition) is 3. The minimum Gasteiger partial charge on any atom is -0.435 e. The van der Waals surface area contributed by atoms with E-state index in [0.717, 1.165) is 0 Å². The van der Waals surface area contributed by atoms with Crippen molar-refractivity contribution in [3.05, 3.63) is 89.5 Å². The summed E-state index contributed by atoms with van der Waals surface area (Å²) < 4.78 is 90.6. The van der Waals surface area contributed by atoms with Crippen LogP contribution >= 0.6 is 0 Å². The molecule has 0 amide bonds. The average molecular weight is 628 g/mol. The monoisotopic (exact) mass is 627 g/mol. The van der Waals surface area contributed by atoms with E-state index in [1.807, 2.05) is 6.07 Å². The SMILES string of the molecule is N#Cc1ccc(CS(=O)(=O)Nc2c(F)cc(Oc3ncccc3-c3ccnc(N[C@@H]4CNC[C@H](CF)C4)n3)c(F)c2F)cc1. The third kappa shape index (κ3) is 7.21. The maximum absolute atomic E-state index is 15.1. The lowest BCUT2D eigenvalue weighted by Crippen LogP contribution is -2.44. The lowest BCUT2D eigenvalue weighted by molar-refractivity contribution is 0.282. The molecule has 0 bridgehead atoms. The first-order valence-electron chi connectivity index (χ1n) is 13.3. The molecule has 3 heterocycles. The van der Waals surface area contributed by atoms with Crippen molar-refractivity contribution in [1.82, 2.24) is 20.3 Å². The zero-order chi connectivity index (χ0) is 31.3. The van der Waals surface area contributed by atoms with Gasteiger partial charge in [0, 0.05) is 43.5 Å². The number of hydrogen-bond acceptors (Lipinski definition) is 9. The molecular formula is C29H25F4N7O3S. The fourth-order valence-electron chi connectivity index (χ4n) is 4.62. The van der Waals surface area contributed by atoms with Crippen molar-refractivity contribution in [3.8, 4) is 29.0 Å². The molecule has 2 atom stereocenters.